The van der Waals surface area contributed by atoms with Crippen LogP contribution in [0.5, 0.6) is 0 Å². The SMILES string of the molecule is Clc1cnc(N2CCN(CC3CC3)CC2)c(Br)c1. The van der Waals surface area contributed by atoms with Crippen LogP contribution in [0, 0.1) is 5.92 Å². The molecule has 0 aromatic carbocycles. The standard InChI is InChI=1S/C13H17BrClN3/c14-12-7-11(15)8-16-13(12)18-5-3-17(4-6-18)9-10-1-2-10/h7-8,10H,1-6,9H2. The van der Waals surface area contributed by atoms with Crippen molar-refractivity contribution >= 4 is 33.3 Å². The molecule has 1 aliphatic carbocycles. The molecule has 0 bridgehead atoms. The van der Waals surface area contributed by atoms with Gasteiger partial charge in [0, 0.05) is 38.9 Å². The minimum Gasteiger partial charge on any atom is -0.353 e. The lowest BCUT2D eigenvalue weighted by Crippen LogP contribution is -2.47. The van der Waals surface area contributed by atoms with Gasteiger partial charge in [-0.25, -0.2) is 4.98 Å². The lowest BCUT2D eigenvalue weighted by atomic mass is 10.2. The molecule has 18 heavy (non-hydrogen) atoms. The van der Waals surface area contributed by atoms with Gasteiger partial charge in [-0.05, 0) is 40.8 Å². The summed E-state index contributed by atoms with van der Waals surface area (Å²) < 4.78 is 0.991. The van der Waals surface area contributed by atoms with E-state index in [-0.39, 0.29) is 0 Å². The molecule has 3 nitrogen and oxygen atoms in total. The lowest BCUT2D eigenvalue weighted by Gasteiger charge is -2.35. The molecule has 1 saturated carbocycles. The van der Waals surface area contributed by atoms with E-state index in [9.17, 15) is 0 Å². The van der Waals surface area contributed by atoms with Crippen molar-refractivity contribution in [1.29, 1.82) is 0 Å². The maximum atomic E-state index is 5.92. The molecule has 0 radical (unpaired) electrons. The first-order valence-electron chi connectivity index (χ1n) is 6.51. The Morgan fingerprint density at radius 2 is 2.00 bits per heavy atom. The quantitative estimate of drug-likeness (QED) is 0.849. The van der Waals surface area contributed by atoms with E-state index < -0.39 is 0 Å². The van der Waals surface area contributed by atoms with E-state index in [1.807, 2.05) is 6.07 Å². The summed E-state index contributed by atoms with van der Waals surface area (Å²) >= 11 is 9.47. The maximum absolute atomic E-state index is 5.92. The first-order valence-corrected chi connectivity index (χ1v) is 7.68. The van der Waals surface area contributed by atoms with Crippen molar-refractivity contribution in [3.05, 3.63) is 21.8 Å². The summed E-state index contributed by atoms with van der Waals surface area (Å²) in [6.45, 7) is 5.70. The zero-order chi connectivity index (χ0) is 12.5. The molecule has 1 aromatic rings. The van der Waals surface area contributed by atoms with Crippen LogP contribution in [-0.2, 0) is 0 Å². The number of nitrogens with zero attached hydrogens (tertiary/aromatic N) is 3. The second-order valence-electron chi connectivity index (χ2n) is 5.19. The molecule has 0 atom stereocenters. The predicted octanol–water partition coefficient (Wildman–Crippen LogP) is 3.03. The predicted molar refractivity (Wildman–Crippen MR) is 78.3 cm³/mol. The van der Waals surface area contributed by atoms with E-state index in [0.717, 1.165) is 42.4 Å². The number of piperazine rings is 1. The number of pyridine rings is 1. The monoisotopic (exact) mass is 329 g/mol. The number of anilines is 1. The van der Waals surface area contributed by atoms with Crippen molar-refractivity contribution < 1.29 is 0 Å². The fourth-order valence-electron chi connectivity index (χ4n) is 2.45. The molecule has 2 heterocycles. The Kier molecular flexibility index (Phi) is 3.78. The third-order valence-corrected chi connectivity index (χ3v) is 4.46. The summed E-state index contributed by atoms with van der Waals surface area (Å²) in [4.78, 5) is 9.35. The molecule has 1 aromatic heterocycles. The van der Waals surface area contributed by atoms with Crippen LogP contribution in [0.3, 0.4) is 0 Å². The van der Waals surface area contributed by atoms with Crippen LogP contribution in [0.4, 0.5) is 5.82 Å². The van der Waals surface area contributed by atoms with Gasteiger partial charge in [0.2, 0.25) is 0 Å². The zero-order valence-corrected chi connectivity index (χ0v) is 12.6. The summed E-state index contributed by atoms with van der Waals surface area (Å²) in [6.07, 6.45) is 4.59. The fraction of sp³-hybridized carbons (Fsp3) is 0.615. The molecule has 5 heteroatoms. The molecular formula is C13H17BrClN3. The molecule has 2 aliphatic rings. The highest BCUT2D eigenvalue weighted by Crippen LogP contribution is 2.31. The fourth-order valence-corrected chi connectivity index (χ4v) is 3.34. The van der Waals surface area contributed by atoms with Gasteiger partial charge in [-0.15, -0.1) is 0 Å². The molecular weight excluding hydrogens is 314 g/mol. The van der Waals surface area contributed by atoms with Crippen molar-refractivity contribution in [2.24, 2.45) is 5.92 Å². The van der Waals surface area contributed by atoms with Crippen LogP contribution in [0.1, 0.15) is 12.8 Å². The molecule has 0 N–H and O–H groups in total. The van der Waals surface area contributed by atoms with Gasteiger partial charge in [0.1, 0.15) is 5.82 Å². The van der Waals surface area contributed by atoms with Crippen molar-refractivity contribution in [2.75, 3.05) is 37.6 Å². The third-order valence-electron chi connectivity index (χ3n) is 3.67. The highest BCUT2D eigenvalue weighted by atomic mass is 79.9. The van der Waals surface area contributed by atoms with E-state index in [0.29, 0.717) is 5.02 Å². The summed E-state index contributed by atoms with van der Waals surface area (Å²) in [5, 5.41) is 0.679. The Balaban J connectivity index is 1.60. The van der Waals surface area contributed by atoms with E-state index in [1.54, 1.807) is 6.20 Å². The summed E-state index contributed by atoms with van der Waals surface area (Å²) in [7, 11) is 0. The van der Waals surface area contributed by atoms with Gasteiger partial charge >= 0.3 is 0 Å². The smallest absolute Gasteiger partial charge is 0.143 e. The number of halogens is 2. The molecule has 1 saturated heterocycles. The van der Waals surface area contributed by atoms with Crippen molar-refractivity contribution in [3.63, 3.8) is 0 Å². The Labute approximate surface area is 121 Å². The van der Waals surface area contributed by atoms with E-state index >= 15 is 0 Å². The van der Waals surface area contributed by atoms with Gasteiger partial charge in [-0.2, -0.15) is 0 Å². The largest absolute Gasteiger partial charge is 0.353 e. The minimum atomic E-state index is 0.679. The topological polar surface area (TPSA) is 19.4 Å². The molecule has 0 amide bonds. The van der Waals surface area contributed by atoms with Crippen LogP contribution >= 0.6 is 27.5 Å². The van der Waals surface area contributed by atoms with Gasteiger partial charge < -0.3 is 4.90 Å². The van der Waals surface area contributed by atoms with Crippen LogP contribution in [0.25, 0.3) is 0 Å². The number of hydrogen-bond acceptors (Lipinski definition) is 3. The summed E-state index contributed by atoms with van der Waals surface area (Å²) in [5.74, 6) is 2.00. The first kappa shape index (κ1) is 12.7. The average molecular weight is 331 g/mol. The Morgan fingerprint density at radius 3 is 2.61 bits per heavy atom. The Bertz CT molecular complexity index is 428. The van der Waals surface area contributed by atoms with Gasteiger partial charge in [0.05, 0.1) is 9.50 Å². The second-order valence-corrected chi connectivity index (χ2v) is 6.48. The second kappa shape index (κ2) is 5.35. The van der Waals surface area contributed by atoms with Gasteiger partial charge in [0.25, 0.3) is 0 Å². The van der Waals surface area contributed by atoms with Gasteiger partial charge in [0.15, 0.2) is 0 Å². The molecule has 98 valence electrons. The Morgan fingerprint density at radius 1 is 1.28 bits per heavy atom. The van der Waals surface area contributed by atoms with Crippen LogP contribution in [0.15, 0.2) is 16.7 Å². The van der Waals surface area contributed by atoms with Gasteiger partial charge in [-0.3, -0.25) is 4.90 Å². The maximum Gasteiger partial charge on any atom is 0.143 e. The lowest BCUT2D eigenvalue weighted by molar-refractivity contribution is 0.247. The number of rotatable bonds is 3. The summed E-state index contributed by atoms with van der Waals surface area (Å²) in [6, 6.07) is 1.92. The summed E-state index contributed by atoms with van der Waals surface area (Å²) in [5.41, 5.74) is 0. The van der Waals surface area contributed by atoms with E-state index in [4.69, 9.17) is 11.6 Å². The highest BCUT2D eigenvalue weighted by Gasteiger charge is 2.27. The minimum absolute atomic E-state index is 0.679. The zero-order valence-electron chi connectivity index (χ0n) is 10.3. The molecule has 1 aliphatic heterocycles. The molecule has 3 rings (SSSR count). The van der Waals surface area contributed by atoms with Crippen molar-refractivity contribution in [1.82, 2.24) is 9.88 Å². The van der Waals surface area contributed by atoms with Crippen molar-refractivity contribution in [2.45, 2.75) is 12.8 Å². The number of hydrogen-bond donors (Lipinski definition) is 0. The average Bonchev–Trinajstić information content (AvgIpc) is 3.15. The third kappa shape index (κ3) is 2.98. The van der Waals surface area contributed by atoms with Crippen LogP contribution in [-0.4, -0.2) is 42.6 Å². The van der Waals surface area contributed by atoms with Crippen LogP contribution < -0.4 is 4.90 Å². The highest BCUT2D eigenvalue weighted by molar-refractivity contribution is 9.10. The Hall–Kier alpha value is -0.320. The molecule has 2 fully saturated rings. The van der Waals surface area contributed by atoms with E-state index in [2.05, 4.69) is 30.7 Å². The first-order chi connectivity index (χ1) is 8.72. The number of aromatic nitrogens is 1. The van der Waals surface area contributed by atoms with Crippen LogP contribution in [0.2, 0.25) is 5.02 Å². The van der Waals surface area contributed by atoms with E-state index in [1.165, 1.54) is 19.4 Å². The van der Waals surface area contributed by atoms with Gasteiger partial charge in [-0.1, -0.05) is 11.6 Å². The molecule has 0 spiro atoms. The normalized spacial score (nSPS) is 21.3. The molecule has 0 unspecified atom stereocenters. The van der Waals surface area contributed by atoms with Crippen molar-refractivity contribution in [3.8, 4) is 0 Å².